The lowest BCUT2D eigenvalue weighted by Crippen LogP contribution is -2.51. The van der Waals surface area contributed by atoms with Crippen molar-refractivity contribution in [1.82, 2.24) is 9.88 Å². The molecule has 8 nitrogen and oxygen atoms in total. The number of carbonyl (C=O) groups excluding carboxylic acids is 1. The summed E-state index contributed by atoms with van der Waals surface area (Å²) >= 11 is 0. The van der Waals surface area contributed by atoms with E-state index in [0.717, 1.165) is 11.1 Å². The second kappa shape index (κ2) is 6.95. The van der Waals surface area contributed by atoms with Crippen molar-refractivity contribution in [2.24, 2.45) is 5.92 Å². The summed E-state index contributed by atoms with van der Waals surface area (Å²) in [7, 11) is 0. The fraction of sp³-hybridized carbons (Fsp3) is 0.500. The number of anilines is 1. The van der Waals surface area contributed by atoms with E-state index in [1.165, 1.54) is 0 Å². The van der Waals surface area contributed by atoms with Crippen LogP contribution in [0.2, 0.25) is 0 Å². The Morgan fingerprint density at radius 2 is 1.92 bits per heavy atom. The molecule has 1 amide bonds. The second-order valence-corrected chi connectivity index (χ2v) is 6.71. The minimum atomic E-state index is -1.02. The van der Waals surface area contributed by atoms with E-state index in [4.69, 9.17) is 14.3 Å². The molecule has 26 heavy (non-hydrogen) atoms. The number of carbonyl (C=O) groups is 2. The highest BCUT2D eigenvalue weighted by atomic mass is 16.5. The number of piperidine rings is 1. The Kier molecular flexibility index (Phi) is 4.50. The third-order valence-electron chi connectivity index (χ3n) is 5.05. The van der Waals surface area contributed by atoms with Crippen LogP contribution in [0, 0.1) is 5.92 Å². The number of hydrogen-bond donors (Lipinski definition) is 1. The van der Waals surface area contributed by atoms with Crippen molar-refractivity contribution in [3.8, 4) is 0 Å². The van der Waals surface area contributed by atoms with Gasteiger partial charge in [-0.05, 0) is 25.0 Å². The van der Waals surface area contributed by atoms with Crippen molar-refractivity contribution in [2.45, 2.75) is 18.9 Å². The smallest absolute Gasteiger partial charge is 0.334 e. The van der Waals surface area contributed by atoms with Crippen molar-refractivity contribution in [3.63, 3.8) is 0 Å². The van der Waals surface area contributed by atoms with Crippen LogP contribution >= 0.6 is 0 Å². The maximum Gasteiger partial charge on any atom is 0.334 e. The van der Waals surface area contributed by atoms with Gasteiger partial charge in [-0.3, -0.25) is 4.79 Å². The summed E-state index contributed by atoms with van der Waals surface area (Å²) in [6.07, 6.45) is 0.479. The molecule has 138 valence electrons. The van der Waals surface area contributed by atoms with E-state index in [-0.39, 0.29) is 25.0 Å². The Bertz CT molecular complexity index is 779. The Balaban J connectivity index is 1.37. The van der Waals surface area contributed by atoms with Crippen LogP contribution in [0.4, 0.5) is 6.01 Å². The van der Waals surface area contributed by atoms with Gasteiger partial charge in [0.2, 0.25) is 5.91 Å². The summed E-state index contributed by atoms with van der Waals surface area (Å²) in [6, 6.07) is 8.23. The first kappa shape index (κ1) is 16.8. The zero-order chi connectivity index (χ0) is 18.1. The number of benzene rings is 1. The minimum Gasteiger partial charge on any atom is -0.479 e. The molecule has 2 aliphatic rings. The number of hydrogen-bond acceptors (Lipinski definition) is 6. The molecule has 0 bridgehead atoms. The second-order valence-electron chi connectivity index (χ2n) is 6.71. The van der Waals surface area contributed by atoms with Gasteiger partial charge in [-0.15, -0.1) is 0 Å². The molecule has 0 spiro atoms. The lowest BCUT2D eigenvalue weighted by atomic mass is 9.95. The number of oxazole rings is 1. The number of para-hydroxylation sites is 2. The quantitative estimate of drug-likeness (QED) is 0.884. The van der Waals surface area contributed by atoms with Crippen LogP contribution < -0.4 is 4.90 Å². The molecule has 0 saturated carbocycles. The van der Waals surface area contributed by atoms with Gasteiger partial charge in [0.25, 0.3) is 6.01 Å². The minimum absolute atomic E-state index is 0.0248. The first-order chi connectivity index (χ1) is 12.6. The van der Waals surface area contributed by atoms with E-state index in [0.29, 0.717) is 38.5 Å². The molecule has 2 aliphatic heterocycles. The third-order valence-corrected chi connectivity index (χ3v) is 5.05. The molecule has 0 radical (unpaired) electrons. The summed E-state index contributed by atoms with van der Waals surface area (Å²) in [5.74, 6) is -1.09. The summed E-state index contributed by atoms with van der Waals surface area (Å²) in [5, 5.41) is 9.08. The van der Waals surface area contributed by atoms with Crippen LogP contribution in [0.1, 0.15) is 12.8 Å². The van der Waals surface area contributed by atoms with Crippen LogP contribution in [-0.4, -0.2) is 65.8 Å². The SMILES string of the molecule is O=C(O)C1CN(C(=O)C2CCN(c3nc4ccccc4o3)CC2)CCO1. The van der Waals surface area contributed by atoms with Crippen molar-refractivity contribution in [3.05, 3.63) is 24.3 Å². The van der Waals surface area contributed by atoms with Gasteiger partial charge in [0.1, 0.15) is 5.52 Å². The normalized spacial score (nSPS) is 21.9. The van der Waals surface area contributed by atoms with Crippen LogP contribution in [0.5, 0.6) is 0 Å². The number of carboxylic acids is 1. The van der Waals surface area contributed by atoms with Crippen LogP contribution in [0.3, 0.4) is 0 Å². The summed E-state index contributed by atoms with van der Waals surface area (Å²) in [5.41, 5.74) is 1.59. The van der Waals surface area contributed by atoms with Crippen molar-refractivity contribution >= 4 is 29.0 Å². The van der Waals surface area contributed by atoms with Gasteiger partial charge < -0.3 is 24.1 Å². The fourth-order valence-electron chi connectivity index (χ4n) is 3.57. The molecule has 1 atom stereocenters. The lowest BCUT2D eigenvalue weighted by molar-refractivity contribution is -0.160. The number of aliphatic carboxylic acids is 1. The average molecular weight is 359 g/mol. The van der Waals surface area contributed by atoms with Crippen molar-refractivity contribution in [2.75, 3.05) is 37.7 Å². The van der Waals surface area contributed by atoms with Gasteiger partial charge in [0, 0.05) is 25.6 Å². The number of carboxylic acid groups (broad SMARTS) is 1. The van der Waals surface area contributed by atoms with Crippen molar-refractivity contribution in [1.29, 1.82) is 0 Å². The fourth-order valence-corrected chi connectivity index (χ4v) is 3.57. The first-order valence-corrected chi connectivity index (χ1v) is 8.85. The Hall–Kier alpha value is -2.61. The zero-order valence-electron chi connectivity index (χ0n) is 14.3. The van der Waals surface area contributed by atoms with E-state index in [1.54, 1.807) is 4.90 Å². The molecule has 1 unspecified atom stereocenters. The number of rotatable bonds is 3. The lowest BCUT2D eigenvalue weighted by Gasteiger charge is -2.36. The highest BCUT2D eigenvalue weighted by molar-refractivity contribution is 5.81. The number of ether oxygens (including phenoxy) is 1. The molecule has 0 aliphatic carbocycles. The third kappa shape index (κ3) is 3.24. The van der Waals surface area contributed by atoms with Crippen LogP contribution in [0.15, 0.2) is 28.7 Å². The first-order valence-electron chi connectivity index (χ1n) is 8.85. The van der Waals surface area contributed by atoms with Gasteiger partial charge in [-0.2, -0.15) is 4.98 Å². The molecule has 8 heteroatoms. The number of nitrogens with zero attached hydrogens (tertiary/aromatic N) is 3. The number of amides is 1. The highest BCUT2D eigenvalue weighted by Crippen LogP contribution is 2.27. The highest BCUT2D eigenvalue weighted by Gasteiger charge is 2.34. The monoisotopic (exact) mass is 359 g/mol. The van der Waals surface area contributed by atoms with E-state index < -0.39 is 12.1 Å². The van der Waals surface area contributed by atoms with E-state index in [1.807, 2.05) is 24.3 Å². The molecule has 1 aromatic carbocycles. The molecule has 4 rings (SSSR count). The molecular weight excluding hydrogens is 338 g/mol. The largest absolute Gasteiger partial charge is 0.479 e. The molecule has 2 fully saturated rings. The molecule has 2 saturated heterocycles. The van der Waals surface area contributed by atoms with Gasteiger partial charge in [-0.25, -0.2) is 4.79 Å². The maximum atomic E-state index is 12.7. The number of morpholine rings is 1. The molecule has 2 aromatic rings. The molecule has 3 heterocycles. The van der Waals surface area contributed by atoms with Crippen molar-refractivity contribution < 1.29 is 23.8 Å². The van der Waals surface area contributed by atoms with Crippen LogP contribution in [-0.2, 0) is 14.3 Å². The Morgan fingerprint density at radius 3 is 2.65 bits per heavy atom. The summed E-state index contributed by atoms with van der Waals surface area (Å²) in [6.45, 7) is 2.23. The number of aromatic nitrogens is 1. The predicted octanol–water partition coefficient (Wildman–Crippen LogP) is 1.36. The summed E-state index contributed by atoms with van der Waals surface area (Å²) < 4.78 is 11.0. The van der Waals surface area contributed by atoms with E-state index in [2.05, 4.69) is 9.88 Å². The molecule has 1 N–H and O–H groups in total. The molecular formula is C18H21N3O5. The van der Waals surface area contributed by atoms with Gasteiger partial charge in [0.05, 0.1) is 13.2 Å². The van der Waals surface area contributed by atoms with Gasteiger partial charge in [-0.1, -0.05) is 12.1 Å². The topological polar surface area (TPSA) is 96.1 Å². The standard InChI is InChI=1S/C18H21N3O5/c22-16(21-9-10-25-15(11-21)17(23)24)12-5-7-20(8-6-12)18-19-13-3-1-2-4-14(13)26-18/h1-4,12,15H,5-11H2,(H,23,24). The Morgan fingerprint density at radius 1 is 1.15 bits per heavy atom. The predicted molar refractivity (Wildman–Crippen MR) is 92.9 cm³/mol. The van der Waals surface area contributed by atoms with E-state index >= 15 is 0 Å². The number of fused-ring (bicyclic) bond motifs is 1. The average Bonchev–Trinajstić information content (AvgIpc) is 3.12. The maximum absolute atomic E-state index is 12.7. The van der Waals surface area contributed by atoms with Gasteiger partial charge in [0.15, 0.2) is 11.7 Å². The summed E-state index contributed by atoms with van der Waals surface area (Å²) in [4.78, 5) is 32.0. The Labute approximate surface area is 150 Å². The van der Waals surface area contributed by atoms with Gasteiger partial charge >= 0.3 is 5.97 Å². The zero-order valence-corrected chi connectivity index (χ0v) is 14.3. The van der Waals surface area contributed by atoms with E-state index in [9.17, 15) is 9.59 Å². The van der Waals surface area contributed by atoms with Crippen LogP contribution in [0.25, 0.3) is 11.1 Å². The molecule has 1 aromatic heterocycles.